The molecule has 0 aromatic heterocycles. The Morgan fingerprint density at radius 1 is 0.758 bits per heavy atom. The van der Waals surface area contributed by atoms with Gasteiger partial charge in [-0.05, 0) is 13.3 Å². The van der Waals surface area contributed by atoms with Crippen LogP contribution in [0.2, 0.25) is 0 Å². The van der Waals surface area contributed by atoms with Crippen LogP contribution >= 0.6 is 9.47 Å². The van der Waals surface area contributed by atoms with Gasteiger partial charge in [-0.2, -0.15) is 61.5 Å². The van der Waals surface area contributed by atoms with Gasteiger partial charge in [-0.25, -0.2) is 4.39 Å². The molecule has 198 valence electrons. The smallest absolute Gasteiger partial charge is 0.396 e. The Balaban J connectivity index is 6.44. The lowest BCUT2D eigenvalue weighted by Gasteiger charge is -2.42. The van der Waals surface area contributed by atoms with Gasteiger partial charge in [0.25, 0.3) is 0 Å². The Bertz CT molecular complexity index is 697. The highest BCUT2D eigenvalue weighted by molar-refractivity contribution is 7.09. The third-order valence-corrected chi connectivity index (χ3v) is 4.51. The standard InChI is InChI=1S/C14H14F15O3P/c1-3-6(15)8(16,17)9(18,19)10(20,21)11(22,23)12(24,25)13(26,27)14(28,29)31-7(30)4-5(2)32-33/h5-6H,3-4,33H2,1-2H3. The Labute approximate surface area is 177 Å². The van der Waals surface area contributed by atoms with E-state index in [1.807, 2.05) is 0 Å². The van der Waals surface area contributed by atoms with Crippen molar-refractivity contribution in [2.75, 3.05) is 0 Å². The van der Waals surface area contributed by atoms with E-state index in [0.29, 0.717) is 6.92 Å². The van der Waals surface area contributed by atoms with E-state index in [2.05, 4.69) is 9.26 Å². The third-order valence-electron chi connectivity index (χ3n) is 4.04. The molecule has 0 N–H and O–H groups in total. The normalized spacial score (nSPS) is 17.0. The number of rotatable bonds is 12. The zero-order valence-electron chi connectivity index (χ0n) is 16.0. The maximum absolute atomic E-state index is 13.6. The molecule has 0 saturated carbocycles. The van der Waals surface area contributed by atoms with Gasteiger partial charge in [0.15, 0.2) is 6.17 Å². The summed E-state index contributed by atoms with van der Waals surface area (Å²) < 4.78 is 209. The van der Waals surface area contributed by atoms with Crippen LogP contribution in [0, 0.1) is 0 Å². The van der Waals surface area contributed by atoms with Crippen molar-refractivity contribution in [3.8, 4) is 0 Å². The van der Waals surface area contributed by atoms with E-state index in [4.69, 9.17) is 0 Å². The van der Waals surface area contributed by atoms with Gasteiger partial charge in [0.1, 0.15) is 0 Å². The molecule has 0 aromatic rings. The number of hydrogen-bond acceptors (Lipinski definition) is 3. The average molecular weight is 546 g/mol. The van der Waals surface area contributed by atoms with Crippen LogP contribution in [0.15, 0.2) is 0 Å². The lowest BCUT2D eigenvalue weighted by molar-refractivity contribution is -0.462. The average Bonchev–Trinajstić information content (AvgIpc) is 2.65. The van der Waals surface area contributed by atoms with Crippen LogP contribution in [0.4, 0.5) is 65.9 Å². The summed E-state index contributed by atoms with van der Waals surface area (Å²) in [7, 11) is 1.43. The van der Waals surface area contributed by atoms with Gasteiger partial charge in [0.05, 0.1) is 12.5 Å². The highest BCUT2D eigenvalue weighted by Gasteiger charge is 2.94. The fourth-order valence-electron chi connectivity index (χ4n) is 1.97. The molecule has 0 spiro atoms. The van der Waals surface area contributed by atoms with E-state index >= 15 is 0 Å². The quantitative estimate of drug-likeness (QED) is 0.165. The van der Waals surface area contributed by atoms with Crippen LogP contribution in [0.5, 0.6) is 0 Å². The number of alkyl halides is 15. The van der Waals surface area contributed by atoms with Crippen molar-refractivity contribution in [2.24, 2.45) is 0 Å². The molecular formula is C14H14F15O3P. The predicted octanol–water partition coefficient (Wildman–Crippen LogP) is 6.27. The summed E-state index contributed by atoms with van der Waals surface area (Å²) in [6.07, 6.45) is -16.0. The molecule has 0 aliphatic carbocycles. The first-order chi connectivity index (χ1) is 14.3. The molecule has 0 aromatic carbocycles. The summed E-state index contributed by atoms with van der Waals surface area (Å²) >= 11 is 0. The molecular weight excluding hydrogens is 532 g/mol. The van der Waals surface area contributed by atoms with E-state index in [-0.39, 0.29) is 0 Å². The van der Waals surface area contributed by atoms with Crippen molar-refractivity contribution >= 4 is 15.4 Å². The molecule has 0 amide bonds. The van der Waals surface area contributed by atoms with E-state index in [0.717, 1.165) is 6.92 Å². The molecule has 3 atom stereocenters. The molecule has 0 aliphatic rings. The largest absolute Gasteiger partial charge is 0.473 e. The van der Waals surface area contributed by atoms with E-state index in [1.165, 1.54) is 9.47 Å². The van der Waals surface area contributed by atoms with Crippen LogP contribution in [0.1, 0.15) is 26.7 Å². The highest BCUT2D eigenvalue weighted by atomic mass is 31.0. The molecule has 0 bridgehead atoms. The fraction of sp³-hybridized carbons (Fsp3) is 0.929. The molecule has 3 unspecified atom stereocenters. The van der Waals surface area contributed by atoms with Crippen LogP contribution in [0.25, 0.3) is 0 Å². The van der Waals surface area contributed by atoms with Crippen molar-refractivity contribution in [3.05, 3.63) is 0 Å². The summed E-state index contributed by atoms with van der Waals surface area (Å²) in [5.41, 5.74) is 0. The van der Waals surface area contributed by atoms with Crippen molar-refractivity contribution < 1.29 is 79.9 Å². The zero-order chi connectivity index (χ0) is 27.1. The van der Waals surface area contributed by atoms with Gasteiger partial charge in [0.2, 0.25) is 0 Å². The number of halogens is 15. The number of hydrogen-bond donors (Lipinski definition) is 0. The van der Waals surface area contributed by atoms with Crippen molar-refractivity contribution in [2.45, 2.75) is 80.6 Å². The Hall–Kier alpha value is -1.19. The van der Waals surface area contributed by atoms with Gasteiger partial charge >= 0.3 is 47.6 Å². The van der Waals surface area contributed by atoms with Crippen LogP contribution < -0.4 is 0 Å². The summed E-state index contributed by atoms with van der Waals surface area (Å²) in [5.74, 6) is -49.9. The fourth-order valence-corrected chi connectivity index (χ4v) is 2.06. The molecule has 3 nitrogen and oxygen atoms in total. The molecule has 0 radical (unpaired) electrons. The second-order valence-corrected chi connectivity index (χ2v) is 6.78. The lowest BCUT2D eigenvalue weighted by Crippen LogP contribution is -2.74. The minimum Gasteiger partial charge on any atom is -0.396 e. The summed E-state index contributed by atoms with van der Waals surface area (Å²) in [6, 6.07) is 0. The SMILES string of the molecule is CCC(F)C(F)(F)C(F)(F)C(F)(F)C(F)(F)C(F)(F)C(F)(F)C(F)(F)OC(=O)CC(C)OP. The lowest BCUT2D eigenvalue weighted by atomic mass is 9.89. The maximum atomic E-state index is 13.6. The van der Waals surface area contributed by atoms with Crippen LogP contribution in [-0.4, -0.2) is 59.9 Å². The van der Waals surface area contributed by atoms with Gasteiger partial charge < -0.3 is 9.26 Å². The molecule has 0 aliphatic heterocycles. The zero-order valence-corrected chi connectivity index (χ0v) is 17.2. The molecule has 0 fully saturated rings. The van der Waals surface area contributed by atoms with Crippen LogP contribution in [-0.2, 0) is 14.1 Å². The highest BCUT2D eigenvalue weighted by Crippen LogP contribution is 2.62. The van der Waals surface area contributed by atoms with Gasteiger partial charge in [0, 0.05) is 9.47 Å². The number of esters is 1. The van der Waals surface area contributed by atoms with Gasteiger partial charge in [-0.15, -0.1) is 0 Å². The topological polar surface area (TPSA) is 35.5 Å². The van der Waals surface area contributed by atoms with E-state index in [1.54, 1.807) is 0 Å². The first kappa shape index (κ1) is 31.8. The molecule has 0 saturated heterocycles. The molecule has 19 heteroatoms. The van der Waals surface area contributed by atoms with Gasteiger partial charge in [-0.3, -0.25) is 4.79 Å². The first-order valence-corrected chi connectivity index (χ1v) is 8.66. The monoisotopic (exact) mass is 546 g/mol. The first-order valence-electron chi connectivity index (χ1n) is 8.19. The van der Waals surface area contributed by atoms with E-state index < -0.39 is 72.7 Å². The maximum Gasteiger partial charge on any atom is 0.473 e. The summed E-state index contributed by atoms with van der Waals surface area (Å²) in [6.45, 7) is 1.20. The van der Waals surface area contributed by atoms with Crippen molar-refractivity contribution in [1.82, 2.24) is 0 Å². The number of ether oxygens (including phenoxy) is 1. The van der Waals surface area contributed by atoms with Crippen molar-refractivity contribution in [3.63, 3.8) is 0 Å². The van der Waals surface area contributed by atoms with Crippen molar-refractivity contribution in [1.29, 1.82) is 0 Å². The summed E-state index contributed by atoms with van der Waals surface area (Å²) in [4.78, 5) is 11.1. The predicted molar refractivity (Wildman–Crippen MR) is 80.8 cm³/mol. The van der Waals surface area contributed by atoms with Gasteiger partial charge in [-0.1, -0.05) is 6.92 Å². The minimum atomic E-state index is -8.38. The Morgan fingerprint density at radius 2 is 1.12 bits per heavy atom. The molecule has 0 heterocycles. The van der Waals surface area contributed by atoms with E-state index in [9.17, 15) is 70.7 Å². The second-order valence-electron chi connectivity index (χ2n) is 6.51. The molecule has 0 rings (SSSR count). The number of carbonyl (C=O) groups excluding carboxylic acids is 1. The minimum absolute atomic E-state index is 0.311. The van der Waals surface area contributed by atoms with Crippen LogP contribution in [0.3, 0.4) is 0 Å². The number of carbonyl (C=O) groups is 1. The summed E-state index contributed by atoms with van der Waals surface area (Å²) in [5, 5.41) is 0. The second kappa shape index (κ2) is 9.46. The molecule has 33 heavy (non-hydrogen) atoms. The Kier molecular flexibility index (Phi) is 9.11. The third kappa shape index (κ3) is 4.96. The Morgan fingerprint density at radius 3 is 1.48 bits per heavy atom.